The lowest BCUT2D eigenvalue weighted by molar-refractivity contribution is -0.136. The zero-order valence-electron chi connectivity index (χ0n) is 15.8. The molecule has 0 radical (unpaired) electrons. The number of carbonyl (C=O) groups is 1. The van der Waals surface area contributed by atoms with Crippen molar-refractivity contribution >= 4 is 17.7 Å². The van der Waals surface area contributed by atoms with E-state index in [0.29, 0.717) is 25.0 Å². The Morgan fingerprint density at radius 1 is 1.00 bits per heavy atom. The minimum atomic E-state index is -0.821. The number of aliphatic carboxylic acids is 1. The van der Waals surface area contributed by atoms with E-state index in [1.807, 2.05) is 72.8 Å². The van der Waals surface area contributed by atoms with Gasteiger partial charge in [-0.25, -0.2) is 0 Å². The zero-order valence-corrected chi connectivity index (χ0v) is 16.6. The van der Waals surface area contributed by atoms with E-state index in [-0.39, 0.29) is 0 Å². The average molecular weight is 404 g/mol. The Labute approximate surface area is 174 Å². The third kappa shape index (κ3) is 6.41. The predicted octanol–water partition coefficient (Wildman–Crippen LogP) is 4.97. The van der Waals surface area contributed by atoms with Crippen molar-refractivity contribution in [3.05, 3.63) is 95.6 Å². The Morgan fingerprint density at radius 3 is 2.45 bits per heavy atom. The number of ether oxygens (including phenoxy) is 1. The molecule has 0 heterocycles. The molecule has 0 aliphatic rings. The number of hydrogen-bond donors (Lipinski definition) is 1. The quantitative estimate of drug-likeness (QED) is 0.511. The zero-order chi connectivity index (χ0) is 20.5. The molecule has 0 fully saturated rings. The van der Waals surface area contributed by atoms with Gasteiger partial charge in [0.1, 0.15) is 11.0 Å². The summed E-state index contributed by atoms with van der Waals surface area (Å²) in [5, 5.41) is 18.0. The standard InChI is InChI=1S/C24H21NO3S/c25-17-20-6-4-5-18(15-20)13-14-28-21-11-9-19(10-12-21)16-23(24(26)27)29-22-7-2-1-3-8-22/h1-12,15,23H,13-14,16H2,(H,26,27). The molecule has 0 bridgehead atoms. The molecule has 0 aromatic heterocycles. The summed E-state index contributed by atoms with van der Waals surface area (Å²) in [6.07, 6.45) is 1.15. The van der Waals surface area contributed by atoms with E-state index >= 15 is 0 Å². The van der Waals surface area contributed by atoms with Gasteiger partial charge in [0.15, 0.2) is 0 Å². The second-order valence-electron chi connectivity index (χ2n) is 6.52. The number of rotatable bonds is 9. The molecule has 1 N–H and O–H groups in total. The van der Waals surface area contributed by atoms with Crippen LogP contribution in [0.2, 0.25) is 0 Å². The van der Waals surface area contributed by atoms with E-state index in [1.54, 1.807) is 6.07 Å². The van der Waals surface area contributed by atoms with Gasteiger partial charge < -0.3 is 9.84 Å². The number of carboxylic acid groups (broad SMARTS) is 1. The second-order valence-corrected chi connectivity index (χ2v) is 7.79. The number of nitrogens with zero attached hydrogens (tertiary/aromatic N) is 1. The highest BCUT2D eigenvalue weighted by atomic mass is 32.2. The van der Waals surface area contributed by atoms with Crippen molar-refractivity contribution in [2.45, 2.75) is 23.0 Å². The molecular weight excluding hydrogens is 382 g/mol. The number of hydrogen-bond acceptors (Lipinski definition) is 4. The lowest BCUT2D eigenvalue weighted by Gasteiger charge is -2.13. The summed E-state index contributed by atoms with van der Waals surface area (Å²) < 4.78 is 5.78. The summed E-state index contributed by atoms with van der Waals surface area (Å²) in [6.45, 7) is 0.510. The molecule has 0 saturated carbocycles. The van der Waals surface area contributed by atoms with Crippen LogP contribution in [0.15, 0.2) is 83.8 Å². The first kappa shape index (κ1) is 20.5. The van der Waals surface area contributed by atoms with E-state index in [2.05, 4.69) is 6.07 Å². The molecule has 1 atom stereocenters. The lowest BCUT2D eigenvalue weighted by Crippen LogP contribution is -2.19. The maximum Gasteiger partial charge on any atom is 0.317 e. The molecule has 3 aromatic rings. The van der Waals surface area contributed by atoms with Crippen LogP contribution in [0, 0.1) is 11.3 Å². The molecule has 0 aliphatic carbocycles. The van der Waals surface area contributed by atoms with Crippen LogP contribution in [0.25, 0.3) is 0 Å². The molecule has 146 valence electrons. The molecule has 0 spiro atoms. The fourth-order valence-electron chi connectivity index (χ4n) is 2.86. The smallest absolute Gasteiger partial charge is 0.317 e. The normalized spacial score (nSPS) is 11.4. The van der Waals surface area contributed by atoms with E-state index in [1.165, 1.54) is 11.8 Å². The van der Waals surface area contributed by atoms with Gasteiger partial charge in [-0.1, -0.05) is 42.5 Å². The number of carboxylic acids is 1. The number of nitriles is 1. The van der Waals surface area contributed by atoms with E-state index < -0.39 is 11.2 Å². The molecule has 5 heteroatoms. The first-order valence-electron chi connectivity index (χ1n) is 9.29. The van der Waals surface area contributed by atoms with Crippen molar-refractivity contribution in [1.82, 2.24) is 0 Å². The van der Waals surface area contributed by atoms with Crippen LogP contribution < -0.4 is 4.74 Å². The van der Waals surface area contributed by atoms with Gasteiger partial charge in [0.05, 0.1) is 18.2 Å². The monoisotopic (exact) mass is 403 g/mol. The summed E-state index contributed by atoms with van der Waals surface area (Å²) in [7, 11) is 0. The summed E-state index contributed by atoms with van der Waals surface area (Å²) in [6, 6.07) is 26.8. The highest BCUT2D eigenvalue weighted by Gasteiger charge is 2.19. The lowest BCUT2D eigenvalue weighted by atomic mass is 10.1. The largest absolute Gasteiger partial charge is 0.493 e. The SMILES string of the molecule is N#Cc1cccc(CCOc2ccc(CC(Sc3ccccc3)C(=O)O)cc2)c1. The predicted molar refractivity (Wildman–Crippen MR) is 114 cm³/mol. The Hall–Kier alpha value is -3.23. The third-order valence-corrected chi connectivity index (χ3v) is 5.55. The molecule has 4 nitrogen and oxygen atoms in total. The molecular formula is C24H21NO3S. The topological polar surface area (TPSA) is 70.3 Å². The Balaban J connectivity index is 1.53. The summed E-state index contributed by atoms with van der Waals surface area (Å²) in [5.41, 5.74) is 2.66. The van der Waals surface area contributed by atoms with Crippen LogP contribution in [-0.4, -0.2) is 22.9 Å². The molecule has 29 heavy (non-hydrogen) atoms. The van der Waals surface area contributed by atoms with Crippen LogP contribution in [0.4, 0.5) is 0 Å². The minimum absolute atomic E-state index is 0.441. The second kappa shape index (κ2) is 10.4. The van der Waals surface area contributed by atoms with Crippen molar-refractivity contribution in [3.8, 4) is 11.8 Å². The van der Waals surface area contributed by atoms with Crippen LogP contribution in [0.1, 0.15) is 16.7 Å². The Bertz CT molecular complexity index is 981. The summed E-state index contributed by atoms with van der Waals surface area (Å²) in [5.74, 6) is -0.0773. The van der Waals surface area contributed by atoms with Gasteiger partial charge >= 0.3 is 5.97 Å². The maximum absolute atomic E-state index is 11.6. The average Bonchev–Trinajstić information content (AvgIpc) is 2.75. The van der Waals surface area contributed by atoms with Crippen LogP contribution >= 0.6 is 11.8 Å². The van der Waals surface area contributed by atoms with E-state index in [4.69, 9.17) is 10.00 Å². The van der Waals surface area contributed by atoms with Gasteiger partial charge in [-0.15, -0.1) is 11.8 Å². The van der Waals surface area contributed by atoms with Gasteiger partial charge in [-0.2, -0.15) is 5.26 Å². The highest BCUT2D eigenvalue weighted by Crippen LogP contribution is 2.26. The first-order chi connectivity index (χ1) is 14.1. The van der Waals surface area contributed by atoms with Crippen LogP contribution in [-0.2, 0) is 17.6 Å². The maximum atomic E-state index is 11.6. The molecule has 0 amide bonds. The van der Waals surface area contributed by atoms with Gasteiger partial charge in [0, 0.05) is 11.3 Å². The fraction of sp³-hybridized carbons (Fsp3) is 0.167. The van der Waals surface area contributed by atoms with Crippen LogP contribution in [0.5, 0.6) is 5.75 Å². The van der Waals surface area contributed by atoms with Crippen molar-refractivity contribution < 1.29 is 14.6 Å². The van der Waals surface area contributed by atoms with Gasteiger partial charge in [0.2, 0.25) is 0 Å². The fourth-order valence-corrected chi connectivity index (χ4v) is 3.88. The number of benzene rings is 3. The summed E-state index contributed by atoms with van der Waals surface area (Å²) in [4.78, 5) is 12.6. The number of thioether (sulfide) groups is 1. The van der Waals surface area contributed by atoms with E-state index in [9.17, 15) is 9.90 Å². The van der Waals surface area contributed by atoms with E-state index in [0.717, 1.165) is 21.8 Å². The van der Waals surface area contributed by atoms with Crippen LogP contribution in [0.3, 0.4) is 0 Å². The molecule has 3 rings (SSSR count). The van der Waals surface area contributed by atoms with Crippen molar-refractivity contribution in [3.63, 3.8) is 0 Å². The molecule has 3 aromatic carbocycles. The van der Waals surface area contributed by atoms with Gasteiger partial charge in [-0.3, -0.25) is 4.79 Å². The molecule has 0 aliphatic heterocycles. The van der Waals surface area contributed by atoms with Crippen molar-refractivity contribution in [2.75, 3.05) is 6.61 Å². The third-order valence-electron chi connectivity index (χ3n) is 4.36. The van der Waals surface area contributed by atoms with Crippen molar-refractivity contribution in [2.24, 2.45) is 0 Å². The van der Waals surface area contributed by atoms with Gasteiger partial charge in [0.25, 0.3) is 0 Å². The summed E-state index contributed by atoms with van der Waals surface area (Å²) >= 11 is 1.36. The molecule has 1 unspecified atom stereocenters. The highest BCUT2D eigenvalue weighted by molar-refractivity contribution is 8.00. The Kier molecular flexibility index (Phi) is 7.32. The minimum Gasteiger partial charge on any atom is -0.493 e. The van der Waals surface area contributed by atoms with Gasteiger partial charge in [-0.05, 0) is 53.9 Å². The first-order valence-corrected chi connectivity index (χ1v) is 10.2. The Morgan fingerprint density at radius 2 is 1.76 bits per heavy atom. The van der Waals surface area contributed by atoms with Crippen molar-refractivity contribution in [1.29, 1.82) is 5.26 Å². The molecule has 0 saturated heterocycles.